The normalized spacial score (nSPS) is 45.2. The number of esters is 3. The Morgan fingerprint density at radius 2 is 1.93 bits per heavy atom. The largest absolute Gasteiger partial charge is 0.472 e. The number of allylic oxidation sites excluding steroid dienone is 1. The Labute approximate surface area is 234 Å². The Kier molecular flexibility index (Phi) is 6.14. The number of hydrogen-bond donors (Lipinski definition) is 1. The van der Waals surface area contributed by atoms with Gasteiger partial charge in [-0.2, -0.15) is 0 Å². The highest BCUT2D eigenvalue weighted by Gasteiger charge is 2.79. The van der Waals surface area contributed by atoms with Crippen molar-refractivity contribution in [3.05, 3.63) is 35.8 Å². The molecule has 0 radical (unpaired) electrons. The minimum atomic E-state index is -1.66. The predicted octanol–water partition coefficient (Wildman–Crippen LogP) is 4.35. The van der Waals surface area contributed by atoms with Gasteiger partial charge in [-0.1, -0.05) is 46.3 Å². The Morgan fingerprint density at radius 3 is 2.58 bits per heavy atom. The molecule has 3 aliphatic heterocycles. The van der Waals surface area contributed by atoms with Crippen LogP contribution in [0.3, 0.4) is 0 Å². The maximum Gasteiger partial charge on any atom is 0.308 e. The van der Waals surface area contributed by atoms with E-state index in [2.05, 4.69) is 6.92 Å². The minimum Gasteiger partial charge on any atom is -0.472 e. The second kappa shape index (κ2) is 8.92. The Balaban J connectivity index is 1.52. The number of cyclic esters (lactones) is 1. The second-order valence-corrected chi connectivity index (χ2v) is 13.6. The van der Waals surface area contributed by atoms with Crippen LogP contribution in [-0.4, -0.2) is 48.6 Å². The van der Waals surface area contributed by atoms with Crippen molar-refractivity contribution in [2.45, 2.75) is 78.3 Å². The van der Waals surface area contributed by atoms with Gasteiger partial charge in [-0.05, 0) is 36.7 Å². The molecule has 5 fully saturated rings. The molecule has 1 aromatic rings. The third kappa shape index (κ3) is 3.43. The summed E-state index contributed by atoms with van der Waals surface area (Å²) in [5.74, 6) is -4.43. The van der Waals surface area contributed by atoms with Gasteiger partial charge in [-0.3, -0.25) is 14.4 Å². The van der Waals surface area contributed by atoms with Gasteiger partial charge in [0.15, 0.2) is 5.79 Å². The molecule has 1 N–H and O–H groups in total. The Bertz CT molecular complexity index is 1250. The number of rotatable bonds is 5. The van der Waals surface area contributed by atoms with E-state index in [1.54, 1.807) is 26.4 Å². The zero-order chi connectivity index (χ0) is 28.8. The molecule has 3 saturated heterocycles. The first-order chi connectivity index (χ1) is 18.8. The molecule has 9 nitrogen and oxygen atoms in total. The quantitative estimate of drug-likeness (QED) is 0.320. The van der Waals surface area contributed by atoms with Gasteiger partial charge in [0.2, 0.25) is 0 Å². The van der Waals surface area contributed by atoms with Crippen LogP contribution in [0, 0.1) is 45.8 Å². The fraction of sp³-hybridized carbons (Fsp3) is 0.710. The van der Waals surface area contributed by atoms with Gasteiger partial charge in [0.1, 0.15) is 12.2 Å². The van der Waals surface area contributed by atoms with Crippen LogP contribution < -0.4 is 0 Å². The van der Waals surface area contributed by atoms with Crippen LogP contribution in [0.25, 0.3) is 0 Å². The summed E-state index contributed by atoms with van der Waals surface area (Å²) >= 11 is 0. The molecule has 10 unspecified atom stereocenters. The fourth-order valence-electron chi connectivity index (χ4n) is 9.19. The number of furan rings is 1. The highest BCUT2D eigenvalue weighted by Crippen LogP contribution is 2.74. The first-order valence-electron chi connectivity index (χ1n) is 14.4. The summed E-state index contributed by atoms with van der Waals surface area (Å²) in [4.78, 5) is 38.9. The molecule has 3 aliphatic carbocycles. The van der Waals surface area contributed by atoms with Crippen molar-refractivity contribution < 1.29 is 42.9 Å². The van der Waals surface area contributed by atoms with E-state index in [1.165, 1.54) is 7.11 Å². The first kappa shape index (κ1) is 27.5. The molecule has 2 saturated carbocycles. The number of fused-ring (bicyclic) bond motifs is 4. The van der Waals surface area contributed by atoms with Crippen LogP contribution in [0.4, 0.5) is 0 Å². The summed E-state index contributed by atoms with van der Waals surface area (Å²) in [6.45, 7) is 9.88. The van der Waals surface area contributed by atoms with Gasteiger partial charge in [-0.15, -0.1) is 0 Å². The zero-order valence-electron chi connectivity index (χ0n) is 24.1. The van der Waals surface area contributed by atoms with Crippen LogP contribution in [0.2, 0.25) is 0 Å². The average Bonchev–Trinajstić information content (AvgIpc) is 3.44. The number of hydrogen-bond acceptors (Lipinski definition) is 9. The molecule has 0 spiro atoms. The molecular weight excluding hydrogens is 516 g/mol. The number of aliphatic hydroxyl groups is 1. The fourth-order valence-corrected chi connectivity index (χ4v) is 9.19. The van der Waals surface area contributed by atoms with Gasteiger partial charge in [0.05, 0.1) is 44.5 Å². The maximum absolute atomic E-state index is 13.1. The smallest absolute Gasteiger partial charge is 0.308 e. The molecule has 6 aliphatic rings. The summed E-state index contributed by atoms with van der Waals surface area (Å²) < 4.78 is 29.0. The van der Waals surface area contributed by atoms with E-state index in [-0.39, 0.29) is 55.1 Å². The highest BCUT2D eigenvalue weighted by molar-refractivity contribution is 5.73. The molecule has 9 heteroatoms. The van der Waals surface area contributed by atoms with Gasteiger partial charge in [0.25, 0.3) is 0 Å². The van der Waals surface area contributed by atoms with E-state index in [0.29, 0.717) is 6.42 Å². The molecule has 7 rings (SSSR count). The molecule has 0 aromatic carbocycles. The predicted molar refractivity (Wildman–Crippen MR) is 140 cm³/mol. The maximum atomic E-state index is 13.1. The van der Waals surface area contributed by atoms with Gasteiger partial charge < -0.3 is 28.5 Å². The number of carbonyl (C=O) groups is 3. The lowest BCUT2D eigenvalue weighted by Crippen LogP contribution is -2.80. The summed E-state index contributed by atoms with van der Waals surface area (Å²) in [5.41, 5.74) is -0.156. The first-order valence-corrected chi connectivity index (χ1v) is 14.4. The number of carbonyl (C=O) groups excluding carboxylic acids is 3. The van der Waals surface area contributed by atoms with Crippen LogP contribution in [0.1, 0.15) is 72.0 Å². The van der Waals surface area contributed by atoms with Crippen molar-refractivity contribution in [1.82, 2.24) is 0 Å². The van der Waals surface area contributed by atoms with Crippen molar-refractivity contribution >= 4 is 17.9 Å². The third-order valence-corrected chi connectivity index (χ3v) is 11.4. The van der Waals surface area contributed by atoms with Gasteiger partial charge in [0, 0.05) is 28.2 Å². The minimum absolute atomic E-state index is 0.0586. The van der Waals surface area contributed by atoms with Crippen LogP contribution in [-0.2, 0) is 33.3 Å². The summed E-state index contributed by atoms with van der Waals surface area (Å²) in [6, 6.07) is 1.84. The van der Waals surface area contributed by atoms with Crippen molar-refractivity contribution in [3.8, 4) is 0 Å². The number of methoxy groups -OCH3 is 1. The average molecular weight is 557 g/mol. The SMILES string of the molecule is COC(=O)CC1C2(C)COC3(O)C(C=C4C5CC(=O)OC(c6ccoc6)C5(C)CCC4C13C)C2OC(=O)C(C)C. The molecular formula is C31H40O9. The summed E-state index contributed by atoms with van der Waals surface area (Å²) in [5, 5.41) is 12.5. The summed E-state index contributed by atoms with van der Waals surface area (Å²) in [7, 11) is 1.36. The topological polar surface area (TPSA) is 122 Å². The van der Waals surface area contributed by atoms with Gasteiger partial charge >= 0.3 is 17.9 Å². The van der Waals surface area contributed by atoms with Crippen LogP contribution in [0.5, 0.6) is 0 Å². The van der Waals surface area contributed by atoms with Crippen LogP contribution >= 0.6 is 0 Å². The lowest BCUT2D eigenvalue weighted by molar-refractivity contribution is -0.428. The van der Waals surface area contributed by atoms with Gasteiger partial charge in [-0.25, -0.2) is 0 Å². The third-order valence-electron chi connectivity index (χ3n) is 11.4. The van der Waals surface area contributed by atoms with Crippen LogP contribution in [0.15, 0.2) is 34.7 Å². The lowest BCUT2D eigenvalue weighted by Gasteiger charge is -2.73. The molecule has 218 valence electrons. The lowest BCUT2D eigenvalue weighted by atomic mass is 9.37. The van der Waals surface area contributed by atoms with Crippen molar-refractivity contribution in [3.63, 3.8) is 0 Å². The van der Waals surface area contributed by atoms with Crippen molar-refractivity contribution in [2.75, 3.05) is 13.7 Å². The zero-order valence-corrected chi connectivity index (χ0v) is 24.1. The monoisotopic (exact) mass is 556 g/mol. The molecule has 40 heavy (non-hydrogen) atoms. The molecule has 1 aromatic heterocycles. The van der Waals surface area contributed by atoms with E-state index >= 15 is 0 Å². The Morgan fingerprint density at radius 1 is 1.18 bits per heavy atom. The van der Waals surface area contributed by atoms with E-state index in [4.69, 9.17) is 23.4 Å². The van der Waals surface area contributed by atoms with E-state index in [9.17, 15) is 19.5 Å². The second-order valence-electron chi connectivity index (χ2n) is 13.6. The van der Waals surface area contributed by atoms with E-state index in [1.807, 2.05) is 26.0 Å². The van der Waals surface area contributed by atoms with Crippen molar-refractivity contribution in [1.29, 1.82) is 0 Å². The number of ether oxygens (including phenoxy) is 4. The summed E-state index contributed by atoms with van der Waals surface area (Å²) in [6.07, 6.45) is 5.80. The van der Waals surface area contributed by atoms with E-state index in [0.717, 1.165) is 17.6 Å². The molecule has 0 amide bonds. The molecule has 4 bridgehead atoms. The molecule has 4 heterocycles. The standard InChI is InChI=1S/C31H40O9/c1-16(2)27(34)40-26-21-11-18-19(30(5)22(13-23(32)36-6)29(26,4)15-38-31(21,30)35)7-9-28(3)20(18)12-24(33)39-25(28)17-8-10-37-14-17/h8,10-11,14,16,19-22,25-26,35H,7,9,12-13,15H2,1-6H3. The highest BCUT2D eigenvalue weighted by atomic mass is 16.6. The van der Waals surface area contributed by atoms with Crippen molar-refractivity contribution in [2.24, 2.45) is 45.8 Å². The van der Waals surface area contributed by atoms with E-state index < -0.39 is 46.1 Å². The molecule has 10 atom stereocenters. The Hall–Kier alpha value is -2.65.